The van der Waals surface area contributed by atoms with E-state index in [4.69, 9.17) is 5.10 Å². The van der Waals surface area contributed by atoms with Gasteiger partial charge in [0.2, 0.25) is 0 Å². The van der Waals surface area contributed by atoms with E-state index in [1.54, 1.807) is 10.7 Å². The lowest BCUT2D eigenvalue weighted by molar-refractivity contribution is 0.336. The van der Waals surface area contributed by atoms with Crippen molar-refractivity contribution in [3.63, 3.8) is 0 Å². The summed E-state index contributed by atoms with van der Waals surface area (Å²) in [5.41, 5.74) is 2.48. The van der Waals surface area contributed by atoms with Crippen molar-refractivity contribution in [3.8, 4) is 28.2 Å². The van der Waals surface area contributed by atoms with Crippen molar-refractivity contribution in [3.05, 3.63) is 82.1 Å². The molecule has 0 radical (unpaired) electrons. The molecule has 3 heterocycles. The minimum absolute atomic E-state index is 0.0292. The van der Waals surface area contributed by atoms with Gasteiger partial charge in [-0.05, 0) is 63.6 Å². The maximum absolute atomic E-state index is 15.0. The van der Waals surface area contributed by atoms with Crippen LogP contribution in [0.5, 0.6) is 0 Å². The average molecular weight is 505 g/mol. The number of hydrogen-bond acceptors (Lipinski definition) is 5. The van der Waals surface area contributed by atoms with E-state index in [2.05, 4.69) is 36.5 Å². The molecule has 1 atom stereocenters. The highest BCUT2D eigenvalue weighted by molar-refractivity contribution is 5.87. The van der Waals surface area contributed by atoms with Gasteiger partial charge < -0.3 is 10.6 Å². The Hall–Kier alpha value is -3.85. The molecule has 0 bridgehead atoms. The van der Waals surface area contributed by atoms with Crippen LogP contribution in [-0.4, -0.2) is 38.2 Å². The van der Waals surface area contributed by atoms with Gasteiger partial charge in [-0.2, -0.15) is 14.9 Å². The maximum Gasteiger partial charge on any atom is 0.271 e. The van der Waals surface area contributed by atoms with Crippen LogP contribution in [0.2, 0.25) is 0 Å². The monoisotopic (exact) mass is 504 g/mol. The summed E-state index contributed by atoms with van der Waals surface area (Å²) in [5.74, 6) is -0.255. The smallest absolute Gasteiger partial charge is 0.271 e. The van der Waals surface area contributed by atoms with Crippen molar-refractivity contribution in [2.75, 3.05) is 18.4 Å². The summed E-state index contributed by atoms with van der Waals surface area (Å²) >= 11 is 0. The summed E-state index contributed by atoms with van der Waals surface area (Å²) in [4.78, 5) is 12.8. The van der Waals surface area contributed by atoms with E-state index in [0.29, 0.717) is 35.9 Å². The molecule has 1 aliphatic heterocycles. The predicted molar refractivity (Wildman–Crippen MR) is 141 cm³/mol. The zero-order valence-corrected chi connectivity index (χ0v) is 21.3. The minimum atomic E-state index is -0.587. The Labute approximate surface area is 214 Å². The van der Waals surface area contributed by atoms with E-state index in [1.807, 2.05) is 31.2 Å². The van der Waals surface area contributed by atoms with Gasteiger partial charge in [0.25, 0.3) is 5.56 Å². The van der Waals surface area contributed by atoms with Gasteiger partial charge in [0.15, 0.2) is 0 Å². The zero-order valence-electron chi connectivity index (χ0n) is 21.3. The zero-order chi connectivity index (χ0) is 26.3. The van der Waals surface area contributed by atoms with Crippen LogP contribution in [0.4, 0.5) is 14.6 Å². The Morgan fingerprint density at radius 2 is 1.86 bits per heavy atom. The molecule has 37 heavy (non-hydrogen) atoms. The van der Waals surface area contributed by atoms with Gasteiger partial charge in [-0.1, -0.05) is 18.2 Å². The molecule has 0 aliphatic carbocycles. The van der Waals surface area contributed by atoms with E-state index < -0.39 is 11.6 Å². The maximum atomic E-state index is 15.0. The fraction of sp³-hybridized carbons (Fsp3) is 0.321. The van der Waals surface area contributed by atoms with E-state index >= 15 is 0 Å². The van der Waals surface area contributed by atoms with Gasteiger partial charge in [-0.15, -0.1) is 0 Å². The SMILES string of the molecule is Cc1ccccc1-n1nc(-c2c(-c3cc(F)ccc3F)nn3c2NCC(CNC(C)(C)C)C3)ccc1=O. The minimum Gasteiger partial charge on any atom is -0.369 e. The Balaban J connectivity index is 1.65. The Kier molecular flexibility index (Phi) is 6.41. The summed E-state index contributed by atoms with van der Waals surface area (Å²) in [6, 6.07) is 13.8. The quantitative estimate of drug-likeness (QED) is 0.409. The van der Waals surface area contributed by atoms with E-state index in [1.165, 1.54) is 10.7 Å². The number of halogens is 2. The third-order valence-electron chi connectivity index (χ3n) is 6.45. The van der Waals surface area contributed by atoms with Crippen LogP contribution >= 0.6 is 0 Å². The molecule has 0 amide bonds. The number of aryl methyl sites for hydroxylation is 1. The number of anilines is 1. The highest BCUT2D eigenvalue weighted by atomic mass is 19.1. The van der Waals surface area contributed by atoms with E-state index in [9.17, 15) is 13.6 Å². The van der Waals surface area contributed by atoms with Crippen molar-refractivity contribution < 1.29 is 8.78 Å². The molecule has 0 saturated heterocycles. The number of aromatic nitrogens is 4. The number of rotatable bonds is 5. The predicted octanol–water partition coefficient (Wildman–Crippen LogP) is 4.78. The molecule has 4 aromatic rings. The van der Waals surface area contributed by atoms with Crippen LogP contribution < -0.4 is 16.2 Å². The molecule has 5 rings (SSSR count). The van der Waals surface area contributed by atoms with Crippen molar-refractivity contribution in [1.29, 1.82) is 0 Å². The van der Waals surface area contributed by atoms with Crippen LogP contribution in [0.3, 0.4) is 0 Å². The van der Waals surface area contributed by atoms with Gasteiger partial charge in [0, 0.05) is 42.7 Å². The highest BCUT2D eigenvalue weighted by Gasteiger charge is 2.29. The summed E-state index contributed by atoms with van der Waals surface area (Å²) < 4.78 is 32.3. The first-order valence-electron chi connectivity index (χ1n) is 12.3. The van der Waals surface area contributed by atoms with Gasteiger partial charge in [0.1, 0.15) is 23.1 Å². The molecule has 0 fully saturated rings. The topological polar surface area (TPSA) is 76.8 Å². The molecule has 1 unspecified atom stereocenters. The third-order valence-corrected chi connectivity index (χ3v) is 6.45. The Morgan fingerprint density at radius 3 is 2.62 bits per heavy atom. The molecule has 192 valence electrons. The normalized spacial score (nSPS) is 15.4. The molecule has 2 aromatic carbocycles. The second kappa shape index (κ2) is 9.55. The molecular formula is C28H30F2N6O. The first-order valence-corrected chi connectivity index (χ1v) is 12.3. The summed E-state index contributed by atoms with van der Waals surface area (Å²) in [7, 11) is 0. The van der Waals surface area contributed by atoms with E-state index in [0.717, 1.165) is 30.3 Å². The molecule has 9 heteroatoms. The van der Waals surface area contributed by atoms with Gasteiger partial charge in [0.05, 0.1) is 16.9 Å². The number of nitrogens with one attached hydrogen (secondary N) is 2. The number of hydrogen-bond donors (Lipinski definition) is 2. The van der Waals surface area contributed by atoms with Gasteiger partial charge >= 0.3 is 0 Å². The fourth-order valence-electron chi connectivity index (χ4n) is 4.54. The molecule has 7 nitrogen and oxygen atoms in total. The molecule has 1 aliphatic rings. The van der Waals surface area contributed by atoms with Crippen LogP contribution in [0.1, 0.15) is 26.3 Å². The van der Waals surface area contributed by atoms with Crippen molar-refractivity contribution >= 4 is 5.82 Å². The van der Waals surface area contributed by atoms with Gasteiger partial charge in [-0.3, -0.25) is 4.79 Å². The van der Waals surface area contributed by atoms with Gasteiger partial charge in [-0.25, -0.2) is 13.5 Å². The first-order chi connectivity index (χ1) is 17.6. The molecule has 2 aromatic heterocycles. The Morgan fingerprint density at radius 1 is 1.08 bits per heavy atom. The second-order valence-corrected chi connectivity index (χ2v) is 10.5. The largest absolute Gasteiger partial charge is 0.369 e. The number of para-hydroxylation sites is 1. The lowest BCUT2D eigenvalue weighted by Gasteiger charge is -2.29. The first kappa shape index (κ1) is 24.8. The number of nitrogens with zero attached hydrogens (tertiary/aromatic N) is 4. The number of benzene rings is 2. The summed E-state index contributed by atoms with van der Waals surface area (Å²) in [6.45, 7) is 10.3. The molecule has 0 saturated carbocycles. The lowest BCUT2D eigenvalue weighted by Crippen LogP contribution is -2.43. The van der Waals surface area contributed by atoms with Crippen LogP contribution in [0.25, 0.3) is 28.2 Å². The van der Waals surface area contributed by atoms with E-state index in [-0.39, 0.29) is 28.3 Å². The Bertz CT molecular complexity index is 1520. The van der Waals surface area contributed by atoms with Crippen molar-refractivity contribution in [1.82, 2.24) is 24.9 Å². The molecule has 0 spiro atoms. The van der Waals surface area contributed by atoms with Crippen LogP contribution in [0, 0.1) is 24.5 Å². The summed E-state index contributed by atoms with van der Waals surface area (Å²) in [5, 5.41) is 16.4. The fourth-order valence-corrected chi connectivity index (χ4v) is 4.54. The molecule has 2 N–H and O–H groups in total. The van der Waals surface area contributed by atoms with Crippen LogP contribution in [0.15, 0.2) is 59.4 Å². The summed E-state index contributed by atoms with van der Waals surface area (Å²) in [6.07, 6.45) is 0. The van der Waals surface area contributed by atoms with Crippen molar-refractivity contribution in [2.24, 2.45) is 5.92 Å². The number of fused-ring (bicyclic) bond motifs is 1. The lowest BCUT2D eigenvalue weighted by atomic mass is 10.0. The van der Waals surface area contributed by atoms with Crippen molar-refractivity contribution in [2.45, 2.75) is 39.8 Å². The highest BCUT2D eigenvalue weighted by Crippen LogP contribution is 2.39. The molecular weight excluding hydrogens is 474 g/mol. The third kappa shape index (κ3) is 5.04. The average Bonchev–Trinajstić information content (AvgIpc) is 3.23. The standard InChI is InChI=1S/C28H30F2N6O/c1-17-7-5-6-8-23(17)36-24(37)12-11-22(33-36)25-26(20-13-19(29)9-10-21(20)30)34-35-16-18(14-31-27(25)35)15-32-28(2,3)4/h5-13,18,31-32H,14-16H2,1-4H3. The second-order valence-electron chi connectivity index (χ2n) is 10.5. The van der Waals surface area contributed by atoms with Crippen LogP contribution in [-0.2, 0) is 6.54 Å².